The molecule has 1 aliphatic heterocycles. The van der Waals surface area contributed by atoms with E-state index in [0.29, 0.717) is 48.5 Å². The van der Waals surface area contributed by atoms with Crippen LogP contribution < -0.4 is 4.90 Å². The van der Waals surface area contributed by atoms with Crippen LogP contribution in [0.5, 0.6) is 0 Å². The molecule has 0 radical (unpaired) electrons. The molecule has 4 heterocycles. The van der Waals surface area contributed by atoms with E-state index in [1.807, 2.05) is 29.6 Å². The minimum atomic E-state index is -4.18. The summed E-state index contributed by atoms with van der Waals surface area (Å²) in [5.41, 5.74) is 1.94. The SMILES string of the molecule is Cc1nc2nc(N3CCOC(c4cnn(C5CC5)c4)C3)nc(C34CC(C(F)(F)F)(C3)C4)c2nc1C. The van der Waals surface area contributed by atoms with E-state index in [4.69, 9.17) is 14.7 Å². The van der Waals surface area contributed by atoms with Crippen molar-refractivity contribution >= 4 is 17.1 Å². The standard InChI is InChI=1S/C24H26F3N7O/c1-13-14(2)30-20-18(29-13)19(22-10-23(11-22,12-22)24(25,26)27)31-21(32-20)33-5-6-35-17(9-33)15-7-28-34(8-15)16-3-4-16/h7-8,16-17H,3-6,9-12H2,1-2H3. The molecule has 3 aromatic rings. The summed E-state index contributed by atoms with van der Waals surface area (Å²) >= 11 is 0. The molecule has 0 aromatic carbocycles. The maximum Gasteiger partial charge on any atom is 0.394 e. The largest absolute Gasteiger partial charge is 0.394 e. The fraction of sp³-hybridized carbons (Fsp3) is 0.625. The third kappa shape index (κ3) is 3.12. The van der Waals surface area contributed by atoms with Crippen LogP contribution in [-0.2, 0) is 10.2 Å². The Morgan fingerprint density at radius 2 is 1.77 bits per heavy atom. The van der Waals surface area contributed by atoms with Crippen LogP contribution in [0.3, 0.4) is 0 Å². The van der Waals surface area contributed by atoms with Crippen molar-refractivity contribution in [2.24, 2.45) is 5.41 Å². The second-order valence-electron chi connectivity index (χ2n) is 10.8. The quantitative estimate of drug-likeness (QED) is 0.550. The smallest absolute Gasteiger partial charge is 0.370 e. The van der Waals surface area contributed by atoms with Gasteiger partial charge in [-0.05, 0) is 46.0 Å². The van der Waals surface area contributed by atoms with E-state index >= 15 is 0 Å². The number of rotatable bonds is 4. The van der Waals surface area contributed by atoms with Gasteiger partial charge in [-0.25, -0.2) is 15.0 Å². The Bertz CT molecular complexity index is 1330. The summed E-state index contributed by atoms with van der Waals surface area (Å²) in [5.74, 6) is 0.485. The van der Waals surface area contributed by atoms with Gasteiger partial charge in [0.1, 0.15) is 11.6 Å². The van der Waals surface area contributed by atoms with Gasteiger partial charge in [0.15, 0.2) is 5.65 Å². The molecule has 8 rings (SSSR count). The number of morpholine rings is 1. The maximum absolute atomic E-state index is 13.6. The zero-order valence-corrected chi connectivity index (χ0v) is 19.6. The highest BCUT2D eigenvalue weighted by molar-refractivity contribution is 5.77. The molecule has 5 fully saturated rings. The molecule has 4 saturated carbocycles. The van der Waals surface area contributed by atoms with Crippen molar-refractivity contribution in [2.45, 2.75) is 69.7 Å². The summed E-state index contributed by atoms with van der Waals surface area (Å²) in [6.07, 6.45) is 2.06. The fourth-order valence-electron chi connectivity index (χ4n) is 6.04. The van der Waals surface area contributed by atoms with Crippen LogP contribution in [0.4, 0.5) is 19.1 Å². The highest BCUT2D eigenvalue weighted by Crippen LogP contribution is 2.78. The van der Waals surface area contributed by atoms with Gasteiger partial charge in [0, 0.05) is 23.7 Å². The van der Waals surface area contributed by atoms with E-state index in [9.17, 15) is 13.2 Å². The van der Waals surface area contributed by atoms with Crippen LogP contribution in [-0.4, -0.2) is 55.6 Å². The van der Waals surface area contributed by atoms with Crippen LogP contribution in [0.15, 0.2) is 12.4 Å². The van der Waals surface area contributed by atoms with Crippen molar-refractivity contribution < 1.29 is 17.9 Å². The van der Waals surface area contributed by atoms with Crippen LogP contribution in [0.25, 0.3) is 11.2 Å². The van der Waals surface area contributed by atoms with Crippen molar-refractivity contribution in [3.63, 3.8) is 0 Å². The molecule has 1 atom stereocenters. The Balaban J connectivity index is 1.24. The molecule has 8 nitrogen and oxygen atoms in total. The molecular formula is C24H26F3N7O. The fourth-order valence-corrected chi connectivity index (χ4v) is 6.04. The molecular weight excluding hydrogens is 459 g/mol. The topological polar surface area (TPSA) is 81.9 Å². The first-order valence-corrected chi connectivity index (χ1v) is 12.2. The third-order valence-electron chi connectivity index (χ3n) is 8.33. The zero-order valence-electron chi connectivity index (χ0n) is 19.6. The van der Waals surface area contributed by atoms with Crippen LogP contribution in [0.1, 0.15) is 66.9 Å². The van der Waals surface area contributed by atoms with Gasteiger partial charge in [0.05, 0.1) is 47.9 Å². The molecule has 2 bridgehead atoms. The van der Waals surface area contributed by atoms with Crippen molar-refractivity contribution in [1.82, 2.24) is 29.7 Å². The van der Waals surface area contributed by atoms with Gasteiger partial charge in [-0.3, -0.25) is 4.68 Å². The number of nitrogens with zero attached hydrogens (tertiary/aromatic N) is 7. The number of hydrogen-bond acceptors (Lipinski definition) is 7. The molecule has 1 saturated heterocycles. The van der Waals surface area contributed by atoms with Gasteiger partial charge < -0.3 is 9.64 Å². The molecule has 35 heavy (non-hydrogen) atoms. The number of aromatic nitrogens is 6. The predicted molar refractivity (Wildman–Crippen MR) is 120 cm³/mol. The summed E-state index contributed by atoms with van der Waals surface area (Å²) in [4.78, 5) is 21.0. The zero-order chi connectivity index (χ0) is 24.2. The summed E-state index contributed by atoms with van der Waals surface area (Å²) in [6.45, 7) is 5.35. The van der Waals surface area contributed by atoms with E-state index in [1.54, 1.807) is 0 Å². The summed E-state index contributed by atoms with van der Waals surface area (Å²) in [5, 5.41) is 4.48. The molecule has 3 aromatic heterocycles. The highest BCUT2D eigenvalue weighted by atomic mass is 19.4. The molecule has 0 amide bonds. The Hall–Kier alpha value is -2.82. The first kappa shape index (κ1) is 21.5. The Morgan fingerprint density at radius 3 is 2.49 bits per heavy atom. The number of alkyl halides is 3. The van der Waals surface area contributed by atoms with Gasteiger partial charge in [0.25, 0.3) is 0 Å². The van der Waals surface area contributed by atoms with Gasteiger partial charge >= 0.3 is 6.18 Å². The number of anilines is 1. The third-order valence-corrected chi connectivity index (χ3v) is 8.33. The average molecular weight is 486 g/mol. The Kier molecular flexibility index (Phi) is 4.23. The van der Waals surface area contributed by atoms with Crippen LogP contribution in [0.2, 0.25) is 0 Å². The molecule has 4 aliphatic carbocycles. The van der Waals surface area contributed by atoms with E-state index in [2.05, 4.69) is 21.3 Å². The van der Waals surface area contributed by atoms with Crippen molar-refractivity contribution in [3.8, 4) is 0 Å². The molecule has 5 aliphatic rings. The number of fused-ring (bicyclic) bond motifs is 1. The highest BCUT2D eigenvalue weighted by Gasteiger charge is 2.79. The predicted octanol–water partition coefficient (Wildman–Crippen LogP) is 4.13. The number of halogens is 3. The van der Waals surface area contributed by atoms with Gasteiger partial charge in [0.2, 0.25) is 5.95 Å². The van der Waals surface area contributed by atoms with Gasteiger partial charge in [-0.15, -0.1) is 0 Å². The summed E-state index contributed by atoms with van der Waals surface area (Å²) in [6, 6.07) is 0.494. The average Bonchev–Trinajstić information content (AvgIpc) is 3.48. The van der Waals surface area contributed by atoms with Crippen molar-refractivity contribution in [3.05, 3.63) is 35.0 Å². The van der Waals surface area contributed by atoms with E-state index in [-0.39, 0.29) is 25.4 Å². The summed E-state index contributed by atoms with van der Waals surface area (Å²) < 4.78 is 48.8. The molecule has 11 heteroatoms. The Labute approximate surface area is 199 Å². The first-order valence-electron chi connectivity index (χ1n) is 12.2. The van der Waals surface area contributed by atoms with Gasteiger partial charge in [-0.2, -0.15) is 23.3 Å². The maximum atomic E-state index is 13.6. The number of ether oxygens (including phenoxy) is 1. The second kappa shape index (κ2) is 6.89. The minimum absolute atomic E-state index is 0.0652. The van der Waals surface area contributed by atoms with Crippen molar-refractivity contribution in [2.75, 3.05) is 24.6 Å². The van der Waals surface area contributed by atoms with E-state index in [1.165, 1.54) is 0 Å². The lowest BCUT2D eigenvalue weighted by Gasteiger charge is -2.70. The Morgan fingerprint density at radius 1 is 1.03 bits per heavy atom. The monoisotopic (exact) mass is 485 g/mol. The van der Waals surface area contributed by atoms with Gasteiger partial charge in [-0.1, -0.05) is 0 Å². The van der Waals surface area contributed by atoms with Crippen LogP contribution >= 0.6 is 0 Å². The molecule has 0 spiro atoms. The van der Waals surface area contributed by atoms with E-state index in [0.717, 1.165) is 29.8 Å². The molecule has 0 N–H and O–H groups in total. The minimum Gasteiger partial charge on any atom is -0.370 e. The molecule has 1 unspecified atom stereocenters. The second-order valence-corrected chi connectivity index (χ2v) is 10.8. The summed E-state index contributed by atoms with van der Waals surface area (Å²) in [7, 11) is 0. The molecule has 184 valence electrons. The lowest BCUT2D eigenvalue weighted by Crippen LogP contribution is -2.70. The lowest BCUT2D eigenvalue weighted by molar-refractivity contribution is -0.337. The number of hydrogen-bond donors (Lipinski definition) is 0. The van der Waals surface area contributed by atoms with Crippen LogP contribution in [0, 0.1) is 19.3 Å². The normalized spacial score (nSPS) is 30.3. The first-order chi connectivity index (χ1) is 16.7. The van der Waals surface area contributed by atoms with Crippen molar-refractivity contribution in [1.29, 1.82) is 0 Å². The van der Waals surface area contributed by atoms with E-state index < -0.39 is 17.0 Å². The lowest BCUT2D eigenvalue weighted by atomic mass is 9.34. The number of aryl methyl sites for hydroxylation is 2.